The first-order valence-corrected chi connectivity index (χ1v) is 11.4. The zero-order valence-corrected chi connectivity index (χ0v) is 19.4. The van der Waals surface area contributed by atoms with Crippen LogP contribution in [0.25, 0.3) is 0 Å². The van der Waals surface area contributed by atoms with Crippen LogP contribution in [0.1, 0.15) is 18.3 Å². The van der Waals surface area contributed by atoms with Crippen molar-refractivity contribution < 1.29 is 14.3 Å². The first kappa shape index (κ1) is 23.6. The number of carbonyl (C=O) groups excluding carboxylic acids is 2. The van der Waals surface area contributed by atoms with Crippen molar-refractivity contribution in [2.45, 2.75) is 25.1 Å². The zero-order chi connectivity index (χ0) is 22.9. The summed E-state index contributed by atoms with van der Waals surface area (Å²) in [4.78, 5) is 24.3. The molecule has 0 saturated carbocycles. The molecule has 3 aromatic rings. The minimum Gasteiger partial charge on any atom is -0.484 e. The Morgan fingerprint density at radius 3 is 2.62 bits per heavy atom. The second-order valence-electron chi connectivity index (χ2n) is 6.80. The molecular formula is C22H24ClN5O3S. The number of nitrogens with zero attached hydrogens (tertiary/aromatic N) is 3. The van der Waals surface area contributed by atoms with Gasteiger partial charge in [0, 0.05) is 12.7 Å². The standard InChI is InChI=1S/C22H24ClN5O3S/c1-3-15-8-4-6-10-17(15)25-20(29)12-24-21(30)14-32-22-27-26-19(28(22)2)13-31-18-11-7-5-9-16(18)23/h4-11H,3,12-14H2,1-2H3,(H,24,30)(H,25,29). The minimum absolute atomic E-state index is 0.104. The van der Waals surface area contributed by atoms with E-state index in [0.29, 0.717) is 21.8 Å². The number of aromatic nitrogens is 3. The number of nitrogens with one attached hydrogen (secondary N) is 2. The molecule has 1 heterocycles. The lowest BCUT2D eigenvalue weighted by atomic mass is 10.1. The van der Waals surface area contributed by atoms with Gasteiger partial charge in [-0.3, -0.25) is 9.59 Å². The smallest absolute Gasteiger partial charge is 0.243 e. The Hall–Kier alpha value is -3.04. The molecule has 2 N–H and O–H groups in total. The summed E-state index contributed by atoms with van der Waals surface area (Å²) in [6.45, 7) is 2.11. The number of ether oxygens (including phenoxy) is 1. The number of carbonyl (C=O) groups is 2. The van der Waals surface area contributed by atoms with Gasteiger partial charge in [0.15, 0.2) is 11.0 Å². The quantitative estimate of drug-likeness (QED) is 0.437. The van der Waals surface area contributed by atoms with Crippen LogP contribution < -0.4 is 15.4 Å². The highest BCUT2D eigenvalue weighted by molar-refractivity contribution is 7.99. The molecule has 0 fully saturated rings. The average Bonchev–Trinajstić information content (AvgIpc) is 3.15. The lowest BCUT2D eigenvalue weighted by molar-refractivity contribution is -0.122. The molecule has 2 amide bonds. The van der Waals surface area contributed by atoms with Gasteiger partial charge >= 0.3 is 0 Å². The summed E-state index contributed by atoms with van der Waals surface area (Å²) < 4.78 is 7.44. The van der Waals surface area contributed by atoms with Gasteiger partial charge in [-0.05, 0) is 30.2 Å². The van der Waals surface area contributed by atoms with E-state index in [1.54, 1.807) is 23.7 Å². The fourth-order valence-electron chi connectivity index (χ4n) is 2.81. The number of rotatable bonds is 10. The van der Waals surface area contributed by atoms with Crippen LogP contribution in [0.15, 0.2) is 53.7 Å². The zero-order valence-electron chi connectivity index (χ0n) is 17.8. The maximum Gasteiger partial charge on any atom is 0.243 e. The van der Waals surface area contributed by atoms with Gasteiger partial charge in [0.2, 0.25) is 11.8 Å². The molecule has 0 aliphatic carbocycles. The van der Waals surface area contributed by atoms with Crippen molar-refractivity contribution >= 4 is 40.9 Å². The molecule has 2 aromatic carbocycles. The molecule has 1 aromatic heterocycles. The number of benzene rings is 2. The van der Waals surface area contributed by atoms with Crippen LogP contribution in [0.2, 0.25) is 5.02 Å². The third kappa shape index (κ3) is 6.48. The molecule has 0 radical (unpaired) electrons. The first-order chi connectivity index (χ1) is 15.5. The topological polar surface area (TPSA) is 98.1 Å². The van der Waals surface area contributed by atoms with Gasteiger partial charge in [-0.15, -0.1) is 10.2 Å². The summed E-state index contributed by atoms with van der Waals surface area (Å²) in [5.74, 6) is 0.719. The Kier molecular flexibility index (Phi) is 8.52. The van der Waals surface area contributed by atoms with Crippen LogP contribution in [0, 0.1) is 0 Å². The summed E-state index contributed by atoms with van der Waals surface area (Å²) >= 11 is 7.31. The number of aryl methyl sites for hydroxylation is 1. The van der Waals surface area contributed by atoms with Crippen LogP contribution in [0.3, 0.4) is 0 Å². The largest absolute Gasteiger partial charge is 0.484 e. The second-order valence-corrected chi connectivity index (χ2v) is 8.15. The van der Waals surface area contributed by atoms with Gasteiger partial charge < -0.3 is 19.9 Å². The lowest BCUT2D eigenvalue weighted by Gasteiger charge is -2.10. The molecule has 0 saturated heterocycles. The number of thioether (sulfide) groups is 1. The van der Waals surface area contributed by atoms with Crippen molar-refractivity contribution in [1.29, 1.82) is 0 Å². The van der Waals surface area contributed by atoms with Crippen molar-refractivity contribution in [1.82, 2.24) is 20.1 Å². The highest BCUT2D eigenvalue weighted by Gasteiger charge is 2.13. The summed E-state index contributed by atoms with van der Waals surface area (Å²) in [5.41, 5.74) is 1.80. The van der Waals surface area contributed by atoms with Gasteiger partial charge in [-0.1, -0.05) is 60.6 Å². The van der Waals surface area contributed by atoms with Gasteiger partial charge in [0.25, 0.3) is 0 Å². The molecule has 32 heavy (non-hydrogen) atoms. The number of halogens is 1. The van der Waals surface area contributed by atoms with Crippen LogP contribution in [-0.4, -0.2) is 38.9 Å². The van der Waals surface area contributed by atoms with Gasteiger partial charge in [0.1, 0.15) is 12.4 Å². The van der Waals surface area contributed by atoms with E-state index >= 15 is 0 Å². The van der Waals surface area contributed by atoms with Gasteiger partial charge in [-0.25, -0.2) is 0 Å². The van der Waals surface area contributed by atoms with Gasteiger partial charge in [0.05, 0.1) is 17.3 Å². The van der Waals surface area contributed by atoms with Crippen molar-refractivity contribution in [3.8, 4) is 5.75 Å². The van der Waals surface area contributed by atoms with Crippen LogP contribution >= 0.6 is 23.4 Å². The van der Waals surface area contributed by atoms with E-state index in [4.69, 9.17) is 16.3 Å². The van der Waals surface area contributed by atoms with Crippen molar-refractivity contribution in [2.75, 3.05) is 17.6 Å². The third-order valence-electron chi connectivity index (χ3n) is 4.57. The molecule has 0 unspecified atom stereocenters. The SMILES string of the molecule is CCc1ccccc1NC(=O)CNC(=O)CSc1nnc(COc2ccccc2Cl)n1C. The van der Waals surface area contributed by atoms with Crippen LogP contribution in [0.4, 0.5) is 5.69 Å². The molecule has 3 rings (SSSR count). The van der Waals surface area contributed by atoms with E-state index in [1.165, 1.54) is 11.8 Å². The summed E-state index contributed by atoms with van der Waals surface area (Å²) in [5, 5.41) is 14.7. The molecular weight excluding hydrogens is 450 g/mol. The number of amides is 2. The maximum absolute atomic E-state index is 12.2. The summed E-state index contributed by atoms with van der Waals surface area (Å²) in [7, 11) is 1.80. The number of hydrogen-bond donors (Lipinski definition) is 2. The second kappa shape index (κ2) is 11.5. The van der Waals surface area contributed by atoms with E-state index < -0.39 is 0 Å². The Morgan fingerprint density at radius 2 is 1.84 bits per heavy atom. The molecule has 168 valence electrons. The molecule has 0 aliphatic rings. The highest BCUT2D eigenvalue weighted by atomic mass is 35.5. The predicted molar refractivity (Wildman–Crippen MR) is 125 cm³/mol. The number of hydrogen-bond acceptors (Lipinski definition) is 6. The van der Waals surface area contributed by atoms with Crippen molar-refractivity contribution in [2.24, 2.45) is 7.05 Å². The molecule has 0 bridgehead atoms. The Balaban J connectivity index is 1.44. The third-order valence-corrected chi connectivity index (χ3v) is 5.90. The molecule has 0 spiro atoms. The van der Waals surface area contributed by atoms with E-state index in [0.717, 1.165) is 17.7 Å². The van der Waals surface area contributed by atoms with Crippen LogP contribution in [-0.2, 0) is 29.7 Å². The fourth-order valence-corrected chi connectivity index (χ4v) is 3.76. The summed E-state index contributed by atoms with van der Waals surface area (Å²) in [6.07, 6.45) is 0.808. The first-order valence-electron chi connectivity index (χ1n) is 10.0. The fraction of sp³-hybridized carbons (Fsp3) is 0.273. The molecule has 0 atom stereocenters. The Labute approximate surface area is 195 Å². The molecule has 0 aliphatic heterocycles. The molecule has 8 nitrogen and oxygen atoms in total. The molecule has 10 heteroatoms. The van der Waals surface area contributed by atoms with E-state index in [-0.39, 0.29) is 30.7 Å². The van der Waals surface area contributed by atoms with E-state index in [2.05, 4.69) is 20.8 Å². The average molecular weight is 474 g/mol. The maximum atomic E-state index is 12.2. The Bertz CT molecular complexity index is 1090. The van der Waals surface area contributed by atoms with Crippen LogP contribution in [0.5, 0.6) is 5.75 Å². The van der Waals surface area contributed by atoms with E-state index in [9.17, 15) is 9.59 Å². The highest BCUT2D eigenvalue weighted by Crippen LogP contribution is 2.24. The van der Waals surface area contributed by atoms with E-state index in [1.807, 2.05) is 43.3 Å². The van der Waals surface area contributed by atoms with Crippen molar-refractivity contribution in [3.05, 3.63) is 64.9 Å². The lowest BCUT2D eigenvalue weighted by Crippen LogP contribution is -2.34. The predicted octanol–water partition coefficient (Wildman–Crippen LogP) is 3.46. The van der Waals surface area contributed by atoms with Crippen molar-refractivity contribution in [3.63, 3.8) is 0 Å². The number of anilines is 1. The number of para-hydroxylation sites is 2. The van der Waals surface area contributed by atoms with Gasteiger partial charge in [-0.2, -0.15) is 0 Å². The minimum atomic E-state index is -0.276. The monoisotopic (exact) mass is 473 g/mol. The Morgan fingerprint density at radius 1 is 1.09 bits per heavy atom. The summed E-state index contributed by atoms with van der Waals surface area (Å²) in [6, 6.07) is 14.8. The normalized spacial score (nSPS) is 10.6.